The van der Waals surface area contributed by atoms with Crippen molar-refractivity contribution in [2.75, 3.05) is 0 Å². The maximum atomic E-state index is 13.0. The lowest BCUT2D eigenvalue weighted by Crippen LogP contribution is -2.30. The van der Waals surface area contributed by atoms with Gasteiger partial charge in [-0.1, -0.05) is 77.9 Å². The van der Waals surface area contributed by atoms with Gasteiger partial charge >= 0.3 is 0 Å². The maximum absolute atomic E-state index is 13.0. The highest BCUT2D eigenvalue weighted by atomic mass is 16.2. The van der Waals surface area contributed by atoms with E-state index in [-0.39, 0.29) is 5.91 Å². The minimum absolute atomic E-state index is 0.0572. The van der Waals surface area contributed by atoms with E-state index in [0.29, 0.717) is 13.1 Å². The van der Waals surface area contributed by atoms with Crippen LogP contribution in [0.1, 0.15) is 32.6 Å². The molecule has 25 heavy (non-hydrogen) atoms. The van der Waals surface area contributed by atoms with Crippen LogP contribution < -0.4 is 0 Å². The molecule has 2 nitrogen and oxygen atoms in total. The molecule has 0 aliphatic heterocycles. The third-order valence-corrected chi connectivity index (χ3v) is 4.30. The molecule has 0 aliphatic carbocycles. The molecule has 0 radical (unpaired) electrons. The van der Waals surface area contributed by atoms with Crippen LogP contribution in [0.15, 0.2) is 78.9 Å². The average molecular weight is 329 g/mol. The zero-order chi connectivity index (χ0) is 17.6. The van der Waals surface area contributed by atoms with Gasteiger partial charge in [-0.15, -0.1) is 0 Å². The summed E-state index contributed by atoms with van der Waals surface area (Å²) in [5.41, 5.74) is 5.46. The van der Waals surface area contributed by atoms with Crippen molar-refractivity contribution in [3.8, 4) is 0 Å². The van der Waals surface area contributed by atoms with E-state index in [9.17, 15) is 4.79 Å². The SMILES string of the molecule is Cc1ccc(CN(Cc2ccc(C)cc2)C(=O)c2ccccc2)cc1. The monoisotopic (exact) mass is 329 g/mol. The number of rotatable bonds is 5. The number of hydrogen-bond acceptors (Lipinski definition) is 1. The highest BCUT2D eigenvalue weighted by molar-refractivity contribution is 5.94. The molecule has 0 bridgehead atoms. The first kappa shape index (κ1) is 17.0. The van der Waals surface area contributed by atoms with E-state index in [1.165, 1.54) is 11.1 Å². The Balaban J connectivity index is 1.85. The quantitative estimate of drug-likeness (QED) is 0.634. The second-order valence-electron chi connectivity index (χ2n) is 6.50. The summed E-state index contributed by atoms with van der Waals surface area (Å²) in [5.74, 6) is 0.0572. The summed E-state index contributed by atoms with van der Waals surface area (Å²) in [6.07, 6.45) is 0. The van der Waals surface area contributed by atoms with E-state index in [4.69, 9.17) is 0 Å². The van der Waals surface area contributed by atoms with Gasteiger partial charge in [0.2, 0.25) is 0 Å². The van der Waals surface area contributed by atoms with E-state index in [1.807, 2.05) is 35.2 Å². The smallest absolute Gasteiger partial charge is 0.254 e. The minimum atomic E-state index is 0.0572. The number of nitrogens with zero attached hydrogens (tertiary/aromatic N) is 1. The van der Waals surface area contributed by atoms with Crippen molar-refractivity contribution in [3.63, 3.8) is 0 Å². The van der Waals surface area contributed by atoms with E-state index >= 15 is 0 Å². The molecule has 0 saturated heterocycles. The standard InChI is InChI=1S/C23H23NO/c1-18-8-12-20(13-9-18)16-24(17-21-14-10-19(2)11-15-21)23(25)22-6-4-3-5-7-22/h3-15H,16-17H2,1-2H3. The van der Waals surface area contributed by atoms with Crippen LogP contribution in [0.4, 0.5) is 0 Å². The Hall–Kier alpha value is -2.87. The van der Waals surface area contributed by atoms with Crippen molar-refractivity contribution < 1.29 is 4.79 Å². The Morgan fingerprint density at radius 2 is 1.12 bits per heavy atom. The molecule has 0 fully saturated rings. The molecule has 0 aromatic heterocycles. The van der Waals surface area contributed by atoms with Crippen molar-refractivity contribution in [1.29, 1.82) is 0 Å². The van der Waals surface area contributed by atoms with Gasteiger partial charge in [0.1, 0.15) is 0 Å². The van der Waals surface area contributed by atoms with Crippen LogP contribution in [0, 0.1) is 13.8 Å². The number of carbonyl (C=O) groups excluding carboxylic acids is 1. The molecule has 0 unspecified atom stereocenters. The van der Waals surface area contributed by atoms with Crippen molar-refractivity contribution >= 4 is 5.91 Å². The van der Waals surface area contributed by atoms with Gasteiger partial charge in [-0.25, -0.2) is 0 Å². The normalized spacial score (nSPS) is 10.5. The van der Waals surface area contributed by atoms with Gasteiger partial charge < -0.3 is 4.90 Å². The van der Waals surface area contributed by atoms with Gasteiger partial charge in [-0.3, -0.25) is 4.79 Å². The summed E-state index contributed by atoms with van der Waals surface area (Å²) in [5, 5.41) is 0. The Labute approximate surface area is 149 Å². The van der Waals surface area contributed by atoms with Crippen LogP contribution in [0.25, 0.3) is 0 Å². The molecule has 0 saturated carbocycles. The van der Waals surface area contributed by atoms with Gasteiger partial charge in [0.05, 0.1) is 0 Å². The number of carbonyl (C=O) groups is 1. The fourth-order valence-corrected chi connectivity index (χ4v) is 2.79. The summed E-state index contributed by atoms with van der Waals surface area (Å²) in [6.45, 7) is 5.34. The highest BCUT2D eigenvalue weighted by Gasteiger charge is 2.16. The van der Waals surface area contributed by atoms with E-state index in [2.05, 4.69) is 62.4 Å². The molecule has 1 amide bonds. The Morgan fingerprint density at radius 3 is 1.56 bits per heavy atom. The average Bonchev–Trinajstić information content (AvgIpc) is 2.65. The predicted molar refractivity (Wildman–Crippen MR) is 102 cm³/mol. The van der Waals surface area contributed by atoms with Crippen LogP contribution in [0.5, 0.6) is 0 Å². The lowest BCUT2D eigenvalue weighted by Gasteiger charge is -2.23. The molecule has 0 spiro atoms. The second-order valence-corrected chi connectivity index (χ2v) is 6.50. The Bertz CT molecular complexity index is 773. The molecule has 0 N–H and O–H groups in total. The molecule has 0 heterocycles. The largest absolute Gasteiger partial charge is 0.330 e. The highest BCUT2D eigenvalue weighted by Crippen LogP contribution is 2.15. The van der Waals surface area contributed by atoms with Crippen LogP contribution in [0.2, 0.25) is 0 Å². The third-order valence-electron chi connectivity index (χ3n) is 4.30. The molecule has 0 aliphatic rings. The topological polar surface area (TPSA) is 20.3 Å². The lowest BCUT2D eigenvalue weighted by atomic mass is 10.1. The van der Waals surface area contributed by atoms with Gasteiger partial charge in [-0.2, -0.15) is 0 Å². The van der Waals surface area contributed by atoms with Crippen molar-refractivity contribution in [2.45, 2.75) is 26.9 Å². The second kappa shape index (κ2) is 7.80. The molecule has 126 valence electrons. The zero-order valence-electron chi connectivity index (χ0n) is 14.8. The molecule has 2 heteroatoms. The van der Waals surface area contributed by atoms with Crippen LogP contribution in [-0.2, 0) is 13.1 Å². The lowest BCUT2D eigenvalue weighted by molar-refractivity contribution is 0.0730. The summed E-state index contributed by atoms with van der Waals surface area (Å²) < 4.78 is 0. The number of hydrogen-bond donors (Lipinski definition) is 0. The van der Waals surface area contributed by atoms with Gasteiger partial charge in [-0.05, 0) is 37.1 Å². The number of aryl methyl sites for hydroxylation is 2. The van der Waals surface area contributed by atoms with Crippen LogP contribution in [-0.4, -0.2) is 10.8 Å². The van der Waals surface area contributed by atoms with E-state index in [1.54, 1.807) is 0 Å². The van der Waals surface area contributed by atoms with E-state index < -0.39 is 0 Å². The summed E-state index contributed by atoms with van der Waals surface area (Å²) in [4.78, 5) is 14.9. The summed E-state index contributed by atoms with van der Waals surface area (Å²) in [6, 6.07) is 26.2. The first-order valence-electron chi connectivity index (χ1n) is 8.57. The Kier molecular flexibility index (Phi) is 5.30. The fourth-order valence-electron chi connectivity index (χ4n) is 2.79. The van der Waals surface area contributed by atoms with Crippen molar-refractivity contribution in [1.82, 2.24) is 4.90 Å². The number of amides is 1. The molecule has 3 aromatic rings. The van der Waals surface area contributed by atoms with Crippen molar-refractivity contribution in [2.24, 2.45) is 0 Å². The van der Waals surface area contributed by atoms with Crippen LogP contribution in [0.3, 0.4) is 0 Å². The fraction of sp³-hybridized carbons (Fsp3) is 0.174. The third kappa shape index (κ3) is 4.57. The summed E-state index contributed by atoms with van der Waals surface area (Å²) >= 11 is 0. The predicted octanol–water partition coefficient (Wildman–Crippen LogP) is 5.15. The molecule has 0 atom stereocenters. The minimum Gasteiger partial charge on any atom is -0.330 e. The first-order valence-corrected chi connectivity index (χ1v) is 8.57. The maximum Gasteiger partial charge on any atom is 0.254 e. The molecule has 3 rings (SSSR count). The summed E-state index contributed by atoms with van der Waals surface area (Å²) in [7, 11) is 0. The van der Waals surface area contributed by atoms with Crippen molar-refractivity contribution in [3.05, 3.63) is 107 Å². The van der Waals surface area contributed by atoms with Gasteiger partial charge in [0.25, 0.3) is 5.91 Å². The zero-order valence-corrected chi connectivity index (χ0v) is 14.8. The van der Waals surface area contributed by atoms with Gasteiger partial charge in [0, 0.05) is 18.7 Å². The number of benzene rings is 3. The Morgan fingerprint density at radius 1 is 0.680 bits per heavy atom. The molecule has 3 aromatic carbocycles. The van der Waals surface area contributed by atoms with Gasteiger partial charge in [0.15, 0.2) is 0 Å². The first-order chi connectivity index (χ1) is 12.1. The molecular formula is C23H23NO. The van der Waals surface area contributed by atoms with Crippen LogP contribution >= 0.6 is 0 Å². The molecular weight excluding hydrogens is 306 g/mol. The van der Waals surface area contributed by atoms with E-state index in [0.717, 1.165) is 16.7 Å².